The topological polar surface area (TPSA) is 3.24 Å². The number of hydrogen-bond donors (Lipinski definition) is 0. The molecule has 2 unspecified atom stereocenters. The Morgan fingerprint density at radius 1 is 0.709 bits per heavy atom. The van der Waals surface area contributed by atoms with Crippen molar-refractivity contribution < 1.29 is 0 Å². The van der Waals surface area contributed by atoms with Crippen molar-refractivity contribution in [3.05, 3.63) is 239 Å². The Balaban J connectivity index is 1.22. The maximum Gasteiger partial charge on any atom is 0.0711 e. The second kappa shape index (κ2) is 14.5. The second-order valence-electron chi connectivity index (χ2n) is 14.4. The molecule has 0 fully saturated rings. The number of fused-ring (bicyclic) bond motifs is 3. The highest BCUT2D eigenvalue weighted by atomic mass is 15.2. The Kier molecular flexibility index (Phi) is 8.95. The molecule has 1 nitrogen and oxygen atoms in total. The van der Waals surface area contributed by atoms with E-state index in [9.17, 15) is 0 Å². The summed E-state index contributed by atoms with van der Waals surface area (Å²) < 4.78 is 0. The van der Waals surface area contributed by atoms with Crippen molar-refractivity contribution in [2.24, 2.45) is 11.8 Å². The maximum absolute atomic E-state index is 4.26. The average molecular weight is 704 g/mol. The number of hydrogen-bond acceptors (Lipinski definition) is 1. The summed E-state index contributed by atoms with van der Waals surface area (Å²) in [6.45, 7) is 8.73. The van der Waals surface area contributed by atoms with Crippen LogP contribution in [0.5, 0.6) is 0 Å². The summed E-state index contributed by atoms with van der Waals surface area (Å²) in [4.78, 5) is 2.45. The van der Waals surface area contributed by atoms with Gasteiger partial charge in [-0.2, -0.15) is 0 Å². The molecule has 5 aromatic rings. The van der Waals surface area contributed by atoms with Gasteiger partial charge in [0, 0.05) is 22.9 Å². The third kappa shape index (κ3) is 6.13. The van der Waals surface area contributed by atoms with E-state index in [0.29, 0.717) is 0 Å². The molecule has 0 bridgehead atoms. The lowest BCUT2D eigenvalue weighted by Gasteiger charge is -2.32. The zero-order valence-corrected chi connectivity index (χ0v) is 31.2. The summed E-state index contributed by atoms with van der Waals surface area (Å²) >= 11 is 0. The highest BCUT2D eigenvalue weighted by Gasteiger charge is 2.32. The molecule has 4 aliphatic carbocycles. The Morgan fingerprint density at radius 3 is 2.35 bits per heavy atom. The van der Waals surface area contributed by atoms with Gasteiger partial charge in [-0.15, -0.1) is 0 Å². The van der Waals surface area contributed by atoms with Crippen molar-refractivity contribution in [1.29, 1.82) is 0 Å². The van der Waals surface area contributed by atoms with Gasteiger partial charge in [0.2, 0.25) is 0 Å². The van der Waals surface area contributed by atoms with E-state index in [1.54, 1.807) is 0 Å². The third-order valence-corrected chi connectivity index (χ3v) is 11.2. The smallest absolute Gasteiger partial charge is 0.0711 e. The van der Waals surface area contributed by atoms with Crippen molar-refractivity contribution in [1.82, 2.24) is 0 Å². The van der Waals surface area contributed by atoms with E-state index in [4.69, 9.17) is 0 Å². The van der Waals surface area contributed by atoms with E-state index in [1.165, 1.54) is 66.4 Å². The minimum Gasteiger partial charge on any atom is -0.310 e. The van der Waals surface area contributed by atoms with Crippen LogP contribution < -0.4 is 4.90 Å². The molecule has 55 heavy (non-hydrogen) atoms. The number of anilines is 1. The average Bonchev–Trinajstić information content (AvgIpc) is 3.50. The SMILES string of the molecule is C=C/C=C(\c1cccc(C2=CC=CC3=CC=CC#CC32)c1C)N(C1=C2C=CC=C(c3cccc4cccc(C)c34)C2C=C1)c1cccc(-c2ccccc2)c1. The third-order valence-electron chi connectivity index (χ3n) is 11.2. The number of benzene rings is 5. The van der Waals surface area contributed by atoms with E-state index in [0.717, 1.165) is 22.6 Å². The molecule has 5 aromatic carbocycles. The van der Waals surface area contributed by atoms with E-state index in [-0.39, 0.29) is 11.8 Å². The molecule has 2 atom stereocenters. The monoisotopic (exact) mass is 703 g/mol. The van der Waals surface area contributed by atoms with Gasteiger partial charge in [0.1, 0.15) is 0 Å². The van der Waals surface area contributed by atoms with Gasteiger partial charge in [-0.25, -0.2) is 0 Å². The van der Waals surface area contributed by atoms with Crippen LogP contribution in [-0.2, 0) is 0 Å². The highest BCUT2D eigenvalue weighted by Crippen LogP contribution is 2.47. The lowest BCUT2D eigenvalue weighted by Crippen LogP contribution is -2.22. The summed E-state index contributed by atoms with van der Waals surface area (Å²) in [6.07, 6.45) is 28.3. The molecule has 0 amide bonds. The first-order valence-electron chi connectivity index (χ1n) is 19.0. The van der Waals surface area contributed by atoms with Crippen LogP contribution >= 0.6 is 0 Å². The lowest BCUT2D eigenvalue weighted by atomic mass is 9.81. The number of allylic oxidation sites excluding steroid dienone is 17. The van der Waals surface area contributed by atoms with Gasteiger partial charge >= 0.3 is 0 Å². The summed E-state index contributed by atoms with van der Waals surface area (Å²) in [5.74, 6) is 6.89. The van der Waals surface area contributed by atoms with Gasteiger partial charge in [0.15, 0.2) is 0 Å². The molecule has 0 saturated heterocycles. The fourth-order valence-electron chi connectivity index (χ4n) is 8.61. The van der Waals surface area contributed by atoms with E-state index >= 15 is 0 Å². The van der Waals surface area contributed by atoms with Crippen molar-refractivity contribution in [2.75, 3.05) is 4.90 Å². The fourth-order valence-corrected chi connectivity index (χ4v) is 8.61. The van der Waals surface area contributed by atoms with Gasteiger partial charge in [-0.3, -0.25) is 0 Å². The number of nitrogens with zero attached hydrogens (tertiary/aromatic N) is 1. The van der Waals surface area contributed by atoms with E-state index in [1.807, 2.05) is 18.2 Å². The van der Waals surface area contributed by atoms with Crippen LogP contribution in [0.25, 0.3) is 38.7 Å². The van der Waals surface area contributed by atoms with Crippen LogP contribution in [0.3, 0.4) is 0 Å². The van der Waals surface area contributed by atoms with Gasteiger partial charge in [-0.1, -0.05) is 176 Å². The van der Waals surface area contributed by atoms with E-state index < -0.39 is 0 Å². The summed E-state index contributed by atoms with van der Waals surface area (Å²) in [5.41, 5.74) is 16.8. The second-order valence-corrected chi connectivity index (χ2v) is 14.4. The van der Waals surface area contributed by atoms with Gasteiger partial charge in [0.25, 0.3) is 0 Å². The molecule has 0 heterocycles. The fraction of sp³-hybridized carbons (Fsp3) is 0.0741. The zero-order chi connectivity index (χ0) is 37.3. The van der Waals surface area contributed by atoms with Crippen molar-refractivity contribution >= 4 is 33.3 Å². The Bertz CT molecular complexity index is 2730. The zero-order valence-electron chi connectivity index (χ0n) is 31.2. The predicted molar refractivity (Wildman–Crippen MR) is 235 cm³/mol. The Morgan fingerprint density at radius 2 is 1.47 bits per heavy atom. The molecule has 4 aliphatic rings. The van der Waals surface area contributed by atoms with Crippen LogP contribution in [0, 0.1) is 37.5 Å². The number of rotatable bonds is 8. The molecular formula is C54H41N. The molecule has 262 valence electrons. The van der Waals surface area contributed by atoms with Crippen molar-refractivity contribution in [3.8, 4) is 23.0 Å². The van der Waals surface area contributed by atoms with Crippen molar-refractivity contribution in [3.63, 3.8) is 0 Å². The Hall–Kier alpha value is -6.88. The largest absolute Gasteiger partial charge is 0.310 e. The molecule has 1 heteroatoms. The molecule has 9 rings (SSSR count). The molecule has 0 radical (unpaired) electrons. The minimum atomic E-state index is 0.0122. The molecule has 0 aliphatic heterocycles. The summed E-state index contributed by atoms with van der Waals surface area (Å²) in [6, 6.07) is 39.5. The first kappa shape index (κ1) is 33.9. The Labute approximate surface area is 325 Å². The van der Waals surface area contributed by atoms with Crippen LogP contribution in [0.1, 0.15) is 27.8 Å². The first-order chi connectivity index (χ1) is 27.1. The maximum atomic E-state index is 4.26. The van der Waals surface area contributed by atoms with Crippen LogP contribution in [0.2, 0.25) is 0 Å². The molecule has 0 spiro atoms. The van der Waals surface area contributed by atoms with Gasteiger partial charge in [0.05, 0.1) is 11.6 Å². The van der Waals surface area contributed by atoms with Gasteiger partial charge in [-0.05, 0) is 111 Å². The number of aryl methyl sites for hydroxylation is 1. The lowest BCUT2D eigenvalue weighted by molar-refractivity contribution is 1.02. The standard InChI is InChI=1S/C54H41N/c1-4-17-52(45-29-15-28-44(38(45)3)47-30-13-22-40-21-9-6-10-27-46(40)47)55(43-26-12-25-42(36-43)39-19-7-5-8-20-39)53-35-34-49-48(31-16-32-50(49)53)51-33-14-24-41-23-11-18-37(2)54(41)51/h4-9,11-26,28-36,46,49H,1H2,2-3H3/b52-17+. The molecule has 0 aromatic heterocycles. The van der Waals surface area contributed by atoms with Crippen LogP contribution in [-0.4, -0.2) is 0 Å². The molecule has 0 saturated carbocycles. The van der Waals surface area contributed by atoms with Crippen molar-refractivity contribution in [2.45, 2.75) is 13.8 Å². The van der Waals surface area contributed by atoms with Crippen LogP contribution in [0.15, 0.2) is 212 Å². The van der Waals surface area contributed by atoms with E-state index in [2.05, 4.69) is 207 Å². The predicted octanol–water partition coefficient (Wildman–Crippen LogP) is 13.3. The molecular weight excluding hydrogens is 663 g/mol. The normalized spacial score (nSPS) is 18.1. The molecule has 0 N–H and O–H groups in total. The van der Waals surface area contributed by atoms with Gasteiger partial charge < -0.3 is 4.90 Å². The highest BCUT2D eigenvalue weighted by molar-refractivity contribution is 5.99. The summed E-state index contributed by atoms with van der Waals surface area (Å²) in [5, 5.41) is 2.59. The summed E-state index contributed by atoms with van der Waals surface area (Å²) in [7, 11) is 0. The first-order valence-corrected chi connectivity index (χ1v) is 19.0. The minimum absolute atomic E-state index is 0.0122. The van der Waals surface area contributed by atoms with Crippen LogP contribution in [0.4, 0.5) is 5.69 Å². The quantitative estimate of drug-likeness (QED) is 0.115.